The van der Waals surface area contributed by atoms with Crippen molar-refractivity contribution in [3.63, 3.8) is 0 Å². The maximum absolute atomic E-state index is 11.2. The first kappa shape index (κ1) is 23.1. The molecule has 2 N–H and O–H groups in total. The van der Waals surface area contributed by atoms with Crippen LogP contribution in [-0.4, -0.2) is 16.2 Å². The zero-order chi connectivity index (χ0) is 21.8. The van der Waals surface area contributed by atoms with Gasteiger partial charge in [0.2, 0.25) is 0 Å². The van der Waals surface area contributed by atoms with Crippen molar-refractivity contribution >= 4 is 39.5 Å². The number of carbonyl (C=O) groups is 1. The summed E-state index contributed by atoms with van der Waals surface area (Å²) in [5.41, 5.74) is 1.80. The Kier molecular flexibility index (Phi) is 7.32. The van der Waals surface area contributed by atoms with Gasteiger partial charge in [-0.05, 0) is 42.5 Å². The molecule has 0 aliphatic heterocycles. The van der Waals surface area contributed by atoms with Crippen LogP contribution in [0.2, 0.25) is 0 Å². The van der Waals surface area contributed by atoms with Crippen LogP contribution < -0.4 is 34.7 Å². The molecule has 9 heteroatoms. The van der Waals surface area contributed by atoms with Gasteiger partial charge in [0.1, 0.15) is 11.3 Å². The van der Waals surface area contributed by atoms with Crippen LogP contribution in [0.4, 0.5) is 22.7 Å². The van der Waals surface area contributed by atoms with E-state index in [-0.39, 0.29) is 46.6 Å². The quantitative estimate of drug-likeness (QED) is 0.369. The summed E-state index contributed by atoms with van der Waals surface area (Å²) >= 11 is 0. The molecule has 0 spiro atoms. The van der Waals surface area contributed by atoms with Gasteiger partial charge in [-0.15, -0.1) is 16.0 Å². The number of hydrogen-bond donors (Lipinski definition) is 2. The third-order valence-corrected chi connectivity index (χ3v) is 4.47. The van der Waals surface area contributed by atoms with Gasteiger partial charge in [0.05, 0.1) is 22.7 Å². The van der Waals surface area contributed by atoms with Crippen LogP contribution in [-0.2, 0) is 0 Å². The average molecular weight is 434 g/mol. The second-order valence-corrected chi connectivity index (χ2v) is 6.55. The molecular weight excluding hydrogens is 419 g/mol. The molecular formula is C23H15N4NaO4. The van der Waals surface area contributed by atoms with Crippen LogP contribution in [0, 0.1) is 0 Å². The number of fused-ring (bicyclic) bond motifs is 1. The third kappa shape index (κ3) is 5.17. The molecule has 0 aromatic heterocycles. The van der Waals surface area contributed by atoms with Gasteiger partial charge in [0.15, 0.2) is 0 Å². The Bertz CT molecular complexity index is 1340. The number of carboxylic acid groups (broad SMARTS) is 1. The van der Waals surface area contributed by atoms with E-state index < -0.39 is 5.97 Å². The number of aromatic carboxylic acids is 1. The van der Waals surface area contributed by atoms with E-state index in [1.165, 1.54) is 30.3 Å². The molecule has 152 valence electrons. The topological polar surface area (TPSA) is 130 Å². The molecule has 4 rings (SSSR count). The normalized spacial score (nSPS) is 11.1. The number of aromatic hydroxyl groups is 1. The minimum absolute atomic E-state index is 0. The maximum atomic E-state index is 11.2. The number of phenols is 1. The van der Waals surface area contributed by atoms with E-state index in [1.54, 1.807) is 24.3 Å². The number of nitrogens with zero attached hydrogens (tertiary/aromatic N) is 4. The second kappa shape index (κ2) is 10.1. The first-order chi connectivity index (χ1) is 15.0. The maximum Gasteiger partial charge on any atom is 1.00 e. The number of azo groups is 2. The largest absolute Gasteiger partial charge is 1.00 e. The van der Waals surface area contributed by atoms with Crippen LogP contribution in [0.1, 0.15) is 10.4 Å². The molecule has 0 amide bonds. The third-order valence-electron chi connectivity index (χ3n) is 4.47. The van der Waals surface area contributed by atoms with Gasteiger partial charge in [0, 0.05) is 10.8 Å². The van der Waals surface area contributed by atoms with E-state index in [9.17, 15) is 15.0 Å². The molecule has 0 atom stereocenters. The standard InChI is InChI=1S/C23H16N4O4.Na/c28-16-8-5-14(6-9-16)24-26-20-10-11-21(18-4-2-1-3-17(18)20)27-25-15-7-12-22(29)19(13-15)23(30)31;/h1-13,28-29H,(H,30,31);/q;+1/p-1. The summed E-state index contributed by atoms with van der Waals surface area (Å²) in [7, 11) is 0. The number of rotatable bonds is 5. The van der Waals surface area contributed by atoms with Crippen molar-refractivity contribution < 1.29 is 49.7 Å². The number of carboxylic acids is 1. The van der Waals surface area contributed by atoms with Gasteiger partial charge in [-0.2, -0.15) is 10.2 Å². The minimum Gasteiger partial charge on any atom is -0.872 e. The Morgan fingerprint density at radius 1 is 0.719 bits per heavy atom. The second-order valence-electron chi connectivity index (χ2n) is 6.55. The summed E-state index contributed by atoms with van der Waals surface area (Å²) in [5, 5.41) is 48.4. The Morgan fingerprint density at radius 3 is 1.81 bits per heavy atom. The fraction of sp³-hybridized carbons (Fsp3) is 0. The number of benzene rings is 4. The zero-order valence-corrected chi connectivity index (χ0v) is 19.0. The zero-order valence-electron chi connectivity index (χ0n) is 17.0. The summed E-state index contributed by atoms with van der Waals surface area (Å²) in [6, 6.07) is 21.0. The molecule has 32 heavy (non-hydrogen) atoms. The van der Waals surface area contributed by atoms with Gasteiger partial charge < -0.3 is 15.3 Å². The van der Waals surface area contributed by atoms with Gasteiger partial charge in [-0.1, -0.05) is 36.4 Å². The Morgan fingerprint density at radius 2 is 1.25 bits per heavy atom. The van der Waals surface area contributed by atoms with E-state index >= 15 is 0 Å². The van der Waals surface area contributed by atoms with Gasteiger partial charge in [-0.25, -0.2) is 4.79 Å². The summed E-state index contributed by atoms with van der Waals surface area (Å²) in [6.07, 6.45) is 0. The van der Waals surface area contributed by atoms with E-state index in [0.29, 0.717) is 22.7 Å². The van der Waals surface area contributed by atoms with Crippen molar-refractivity contribution in [2.24, 2.45) is 20.5 Å². The summed E-state index contributed by atoms with van der Waals surface area (Å²) in [5.74, 6) is -1.68. The van der Waals surface area contributed by atoms with Crippen molar-refractivity contribution in [2.75, 3.05) is 0 Å². The van der Waals surface area contributed by atoms with E-state index in [4.69, 9.17) is 5.11 Å². The van der Waals surface area contributed by atoms with Crippen molar-refractivity contribution in [1.82, 2.24) is 0 Å². The fourth-order valence-electron chi connectivity index (χ4n) is 2.94. The number of hydrogen-bond acceptors (Lipinski definition) is 7. The molecule has 0 radical (unpaired) electrons. The Labute approximate surface area is 204 Å². The minimum atomic E-state index is -1.25. The van der Waals surface area contributed by atoms with Gasteiger partial charge >= 0.3 is 35.5 Å². The SMILES string of the molecule is O=C(O)c1cc(N=Nc2ccc(N=Nc3ccc([O-])cc3)c3ccccc23)ccc1O.[Na+]. The molecule has 4 aromatic carbocycles. The summed E-state index contributed by atoms with van der Waals surface area (Å²) < 4.78 is 0. The van der Waals surface area contributed by atoms with Gasteiger partial charge in [-0.3, -0.25) is 0 Å². The van der Waals surface area contributed by atoms with Crippen LogP contribution in [0.5, 0.6) is 11.5 Å². The predicted molar refractivity (Wildman–Crippen MR) is 113 cm³/mol. The molecule has 0 unspecified atom stereocenters. The van der Waals surface area contributed by atoms with E-state index in [0.717, 1.165) is 10.8 Å². The van der Waals surface area contributed by atoms with Crippen molar-refractivity contribution in [3.05, 3.63) is 84.4 Å². The monoisotopic (exact) mass is 434 g/mol. The average Bonchev–Trinajstić information content (AvgIpc) is 2.78. The predicted octanol–water partition coefficient (Wildman–Crippen LogP) is 3.15. The van der Waals surface area contributed by atoms with Crippen LogP contribution in [0.25, 0.3) is 10.8 Å². The van der Waals surface area contributed by atoms with Crippen LogP contribution in [0.3, 0.4) is 0 Å². The van der Waals surface area contributed by atoms with Crippen LogP contribution >= 0.6 is 0 Å². The summed E-state index contributed by atoms with van der Waals surface area (Å²) in [4.78, 5) is 11.2. The molecule has 0 heterocycles. The first-order valence-electron chi connectivity index (χ1n) is 9.20. The molecule has 0 aliphatic carbocycles. The Balaban J connectivity index is 0.00000289. The first-order valence-corrected chi connectivity index (χ1v) is 9.20. The molecule has 0 saturated carbocycles. The fourth-order valence-corrected chi connectivity index (χ4v) is 2.94. The molecule has 0 bridgehead atoms. The van der Waals surface area contributed by atoms with Gasteiger partial charge in [0.25, 0.3) is 0 Å². The van der Waals surface area contributed by atoms with Crippen LogP contribution in [0.15, 0.2) is 99.3 Å². The molecule has 8 nitrogen and oxygen atoms in total. The van der Waals surface area contributed by atoms with E-state index in [2.05, 4.69) is 20.5 Å². The molecule has 0 saturated heterocycles. The van der Waals surface area contributed by atoms with Crippen molar-refractivity contribution in [1.29, 1.82) is 0 Å². The van der Waals surface area contributed by atoms with Crippen molar-refractivity contribution in [2.45, 2.75) is 0 Å². The van der Waals surface area contributed by atoms with E-state index in [1.807, 2.05) is 24.3 Å². The Hall–Kier alpha value is -3.59. The summed E-state index contributed by atoms with van der Waals surface area (Å²) in [6.45, 7) is 0. The molecule has 0 aliphatic rings. The smallest absolute Gasteiger partial charge is 0.872 e. The molecule has 0 fully saturated rings. The van der Waals surface area contributed by atoms with Crippen molar-refractivity contribution in [3.8, 4) is 11.5 Å². The molecule has 4 aromatic rings.